The molecule has 0 aliphatic carbocycles. The Morgan fingerprint density at radius 3 is 2.88 bits per heavy atom. The van der Waals surface area contributed by atoms with Crippen molar-refractivity contribution in [1.82, 2.24) is 19.4 Å². The quantitative estimate of drug-likeness (QED) is 0.770. The highest BCUT2D eigenvalue weighted by molar-refractivity contribution is 6.05. The standard InChI is InChI=1S/C18H18FN5O/c1-23-9-16(22-10-23)13-7-24(8-15(13)20)18(25)12-4-5-14(19)11-3-2-6-21-17(11)12/h2-6,9-10,13,15H,7-8,20H2,1H3/t13-,15-/m1/s1. The van der Waals surface area contributed by atoms with Crippen LogP contribution in [0.5, 0.6) is 0 Å². The molecule has 2 N–H and O–H groups in total. The van der Waals surface area contributed by atoms with Crippen molar-refractivity contribution in [3.63, 3.8) is 0 Å². The van der Waals surface area contributed by atoms with Gasteiger partial charge < -0.3 is 15.2 Å². The molecule has 2 atom stereocenters. The molecule has 4 rings (SSSR count). The van der Waals surface area contributed by atoms with Gasteiger partial charge in [-0.15, -0.1) is 0 Å². The van der Waals surface area contributed by atoms with Gasteiger partial charge in [0.05, 0.1) is 23.1 Å². The van der Waals surface area contributed by atoms with Crippen molar-refractivity contribution in [2.24, 2.45) is 12.8 Å². The number of imidazole rings is 1. The summed E-state index contributed by atoms with van der Waals surface area (Å²) in [6.07, 6.45) is 5.21. The lowest BCUT2D eigenvalue weighted by atomic mass is 10.0. The normalized spacial score (nSPS) is 20.4. The highest BCUT2D eigenvalue weighted by atomic mass is 19.1. The summed E-state index contributed by atoms with van der Waals surface area (Å²) in [6, 6.07) is 5.90. The van der Waals surface area contributed by atoms with E-state index in [4.69, 9.17) is 5.73 Å². The number of benzene rings is 1. The number of fused-ring (bicyclic) bond motifs is 1. The monoisotopic (exact) mass is 339 g/mol. The van der Waals surface area contributed by atoms with Crippen molar-refractivity contribution < 1.29 is 9.18 Å². The number of halogens is 1. The van der Waals surface area contributed by atoms with Crippen LogP contribution in [-0.2, 0) is 7.05 Å². The topological polar surface area (TPSA) is 77.0 Å². The largest absolute Gasteiger partial charge is 0.340 e. The summed E-state index contributed by atoms with van der Waals surface area (Å²) < 4.78 is 15.8. The number of likely N-dealkylation sites (tertiary alicyclic amines) is 1. The summed E-state index contributed by atoms with van der Waals surface area (Å²) >= 11 is 0. The van der Waals surface area contributed by atoms with Crippen molar-refractivity contribution in [3.05, 3.63) is 60.1 Å². The first kappa shape index (κ1) is 15.7. The van der Waals surface area contributed by atoms with Gasteiger partial charge >= 0.3 is 0 Å². The Hall–Kier alpha value is -2.80. The number of hydrogen-bond acceptors (Lipinski definition) is 4. The van der Waals surface area contributed by atoms with Gasteiger partial charge in [-0.3, -0.25) is 9.78 Å². The zero-order valence-corrected chi connectivity index (χ0v) is 13.8. The van der Waals surface area contributed by atoms with E-state index in [1.807, 2.05) is 17.8 Å². The summed E-state index contributed by atoms with van der Waals surface area (Å²) in [5, 5.41) is 0.345. The lowest BCUT2D eigenvalue weighted by Crippen LogP contribution is -2.32. The number of aryl methyl sites for hydroxylation is 1. The van der Waals surface area contributed by atoms with Gasteiger partial charge in [-0.2, -0.15) is 0 Å². The number of hydrogen-bond donors (Lipinski definition) is 1. The summed E-state index contributed by atoms with van der Waals surface area (Å²) in [5.74, 6) is -0.577. The molecule has 1 aliphatic heterocycles. The van der Waals surface area contributed by atoms with Gasteiger partial charge in [0, 0.05) is 49.9 Å². The first-order valence-corrected chi connectivity index (χ1v) is 8.10. The van der Waals surface area contributed by atoms with Gasteiger partial charge in [0.1, 0.15) is 5.82 Å². The minimum absolute atomic E-state index is 0.00942. The van der Waals surface area contributed by atoms with E-state index in [9.17, 15) is 9.18 Å². The molecule has 0 spiro atoms. The lowest BCUT2D eigenvalue weighted by Gasteiger charge is -2.17. The predicted molar refractivity (Wildman–Crippen MR) is 91.5 cm³/mol. The van der Waals surface area contributed by atoms with Crippen LogP contribution < -0.4 is 5.73 Å². The average molecular weight is 339 g/mol. The number of nitrogens with zero attached hydrogens (tertiary/aromatic N) is 4. The number of amides is 1. The van der Waals surface area contributed by atoms with Crippen molar-refractivity contribution >= 4 is 16.8 Å². The van der Waals surface area contributed by atoms with Crippen LogP contribution in [0.2, 0.25) is 0 Å². The molecule has 25 heavy (non-hydrogen) atoms. The molecule has 0 radical (unpaired) electrons. The molecule has 3 aromatic rings. The van der Waals surface area contributed by atoms with E-state index >= 15 is 0 Å². The molecule has 2 aromatic heterocycles. The van der Waals surface area contributed by atoms with E-state index in [1.54, 1.807) is 29.6 Å². The van der Waals surface area contributed by atoms with Crippen molar-refractivity contribution in [1.29, 1.82) is 0 Å². The molecule has 0 unspecified atom stereocenters. The molecule has 7 heteroatoms. The van der Waals surface area contributed by atoms with Crippen LogP contribution in [0.25, 0.3) is 10.9 Å². The van der Waals surface area contributed by atoms with Crippen molar-refractivity contribution in [3.8, 4) is 0 Å². The number of aromatic nitrogens is 3. The number of nitrogens with two attached hydrogens (primary N) is 1. The second-order valence-corrected chi connectivity index (χ2v) is 6.44. The fourth-order valence-corrected chi connectivity index (χ4v) is 3.41. The molecular formula is C18H18FN5O. The van der Waals surface area contributed by atoms with Gasteiger partial charge in [-0.05, 0) is 24.3 Å². The molecule has 1 fully saturated rings. The van der Waals surface area contributed by atoms with E-state index in [0.29, 0.717) is 29.6 Å². The summed E-state index contributed by atoms with van der Waals surface area (Å²) in [4.78, 5) is 23.2. The zero-order chi connectivity index (χ0) is 17.6. The molecular weight excluding hydrogens is 321 g/mol. The molecule has 3 heterocycles. The number of rotatable bonds is 2. The first-order chi connectivity index (χ1) is 12.0. The van der Waals surface area contributed by atoms with Crippen LogP contribution in [0.15, 0.2) is 43.0 Å². The minimum Gasteiger partial charge on any atom is -0.340 e. The molecule has 128 valence electrons. The van der Waals surface area contributed by atoms with E-state index in [0.717, 1.165) is 5.69 Å². The smallest absolute Gasteiger partial charge is 0.256 e. The van der Waals surface area contributed by atoms with Crippen LogP contribution in [0, 0.1) is 5.82 Å². The second-order valence-electron chi connectivity index (χ2n) is 6.44. The number of pyridine rings is 1. The maximum atomic E-state index is 14.0. The maximum absolute atomic E-state index is 14.0. The molecule has 1 aromatic carbocycles. The third kappa shape index (κ3) is 2.66. The molecule has 1 amide bonds. The van der Waals surface area contributed by atoms with Crippen molar-refractivity contribution in [2.75, 3.05) is 13.1 Å². The second kappa shape index (κ2) is 5.93. The van der Waals surface area contributed by atoms with Gasteiger partial charge in [0.15, 0.2) is 0 Å². The Labute approximate surface area is 144 Å². The van der Waals surface area contributed by atoms with Crippen LogP contribution in [0.1, 0.15) is 22.0 Å². The Balaban J connectivity index is 1.65. The first-order valence-electron chi connectivity index (χ1n) is 8.10. The average Bonchev–Trinajstić information content (AvgIpc) is 3.20. The fourth-order valence-electron chi connectivity index (χ4n) is 3.41. The zero-order valence-electron chi connectivity index (χ0n) is 13.8. The molecule has 1 aliphatic rings. The lowest BCUT2D eigenvalue weighted by molar-refractivity contribution is 0.0791. The Kier molecular flexibility index (Phi) is 3.73. The van der Waals surface area contributed by atoms with Crippen LogP contribution in [0.4, 0.5) is 4.39 Å². The van der Waals surface area contributed by atoms with Crippen LogP contribution in [-0.4, -0.2) is 44.5 Å². The predicted octanol–water partition coefficient (Wildman–Crippen LogP) is 1.67. The van der Waals surface area contributed by atoms with Gasteiger partial charge in [-0.25, -0.2) is 9.37 Å². The molecule has 0 bridgehead atoms. The Bertz CT molecular complexity index is 954. The number of carbonyl (C=O) groups is 1. The molecule has 0 saturated carbocycles. The fraction of sp³-hybridized carbons (Fsp3) is 0.278. The SMILES string of the molecule is Cn1cnc([C@@H]2CN(C(=O)c3ccc(F)c4cccnc34)C[C@H]2N)c1. The van der Waals surface area contributed by atoms with E-state index in [-0.39, 0.29) is 23.7 Å². The minimum atomic E-state index is -0.385. The van der Waals surface area contributed by atoms with Crippen LogP contribution in [0.3, 0.4) is 0 Å². The Morgan fingerprint density at radius 1 is 1.28 bits per heavy atom. The van der Waals surface area contributed by atoms with E-state index in [2.05, 4.69) is 9.97 Å². The van der Waals surface area contributed by atoms with Gasteiger partial charge in [0.25, 0.3) is 5.91 Å². The highest BCUT2D eigenvalue weighted by Crippen LogP contribution is 2.28. The van der Waals surface area contributed by atoms with E-state index in [1.165, 1.54) is 12.1 Å². The Morgan fingerprint density at radius 2 is 2.12 bits per heavy atom. The highest BCUT2D eigenvalue weighted by Gasteiger charge is 2.36. The summed E-state index contributed by atoms with van der Waals surface area (Å²) in [6.45, 7) is 0.925. The van der Waals surface area contributed by atoms with Gasteiger partial charge in [0.2, 0.25) is 0 Å². The third-order valence-corrected chi connectivity index (χ3v) is 4.70. The van der Waals surface area contributed by atoms with E-state index < -0.39 is 0 Å². The van der Waals surface area contributed by atoms with Gasteiger partial charge in [-0.1, -0.05) is 0 Å². The van der Waals surface area contributed by atoms with Crippen molar-refractivity contribution in [2.45, 2.75) is 12.0 Å². The summed E-state index contributed by atoms with van der Waals surface area (Å²) in [5.41, 5.74) is 7.90. The summed E-state index contributed by atoms with van der Waals surface area (Å²) in [7, 11) is 1.90. The maximum Gasteiger partial charge on any atom is 0.256 e. The number of carbonyl (C=O) groups excluding carboxylic acids is 1. The third-order valence-electron chi connectivity index (χ3n) is 4.70. The van der Waals surface area contributed by atoms with Crippen LogP contribution >= 0.6 is 0 Å². The molecule has 6 nitrogen and oxygen atoms in total. The molecule has 1 saturated heterocycles.